The summed E-state index contributed by atoms with van der Waals surface area (Å²) in [5.41, 5.74) is 1.85. The zero-order chi connectivity index (χ0) is 14.4. The van der Waals surface area contributed by atoms with Gasteiger partial charge in [0.2, 0.25) is 0 Å². The van der Waals surface area contributed by atoms with E-state index in [0.717, 1.165) is 31.0 Å². The number of halogens is 1. The molecule has 4 nitrogen and oxygen atoms in total. The molecule has 5 heteroatoms. The van der Waals surface area contributed by atoms with Crippen molar-refractivity contribution in [2.45, 2.75) is 32.7 Å². The minimum Gasteiger partial charge on any atom is -0.368 e. The van der Waals surface area contributed by atoms with E-state index in [1.54, 1.807) is 6.07 Å². The van der Waals surface area contributed by atoms with Gasteiger partial charge < -0.3 is 10.2 Å². The molecule has 1 fully saturated rings. The Morgan fingerprint density at radius 1 is 1.30 bits per heavy atom. The summed E-state index contributed by atoms with van der Waals surface area (Å²) in [5.74, 6) is -0.363. The van der Waals surface area contributed by atoms with E-state index in [1.807, 2.05) is 6.07 Å². The van der Waals surface area contributed by atoms with Crippen LogP contribution in [0.3, 0.4) is 0 Å². The van der Waals surface area contributed by atoms with Gasteiger partial charge in [-0.1, -0.05) is 18.5 Å². The zero-order valence-electron chi connectivity index (χ0n) is 11.6. The minimum absolute atomic E-state index is 0.377. The fourth-order valence-corrected chi connectivity index (χ4v) is 3.41. The Labute approximate surface area is 123 Å². The summed E-state index contributed by atoms with van der Waals surface area (Å²) in [5, 5.41) is 3.14. The molecule has 1 saturated heterocycles. The Hall–Kier alpha value is -1.55. The Morgan fingerprint density at radius 3 is 2.75 bits per heavy atom. The van der Waals surface area contributed by atoms with Crippen LogP contribution in [-0.2, 0) is 4.79 Å². The van der Waals surface area contributed by atoms with Gasteiger partial charge in [0.05, 0.1) is 22.0 Å². The Kier molecular flexibility index (Phi) is 3.21. The predicted molar refractivity (Wildman–Crippen MR) is 79.6 cm³/mol. The number of anilines is 2. The number of Topliss-reactive ketones (excluding diaryl/α,β-unsaturated/α-hetero) is 1. The average Bonchev–Trinajstić information content (AvgIpc) is 2.65. The van der Waals surface area contributed by atoms with Crippen molar-refractivity contribution in [1.82, 2.24) is 0 Å². The topological polar surface area (TPSA) is 49.4 Å². The van der Waals surface area contributed by atoms with Crippen molar-refractivity contribution in [2.24, 2.45) is 5.92 Å². The van der Waals surface area contributed by atoms with E-state index < -0.39 is 11.7 Å². The molecule has 0 aromatic heterocycles. The SMILES string of the molecule is CC1CCN(c2cc3c(cc2Cl)C(=O)C(=O)N3)C(C)C1. The fraction of sp³-hybridized carbons (Fsp3) is 0.467. The van der Waals surface area contributed by atoms with E-state index in [4.69, 9.17) is 11.6 Å². The number of fused-ring (bicyclic) bond motifs is 1. The monoisotopic (exact) mass is 292 g/mol. The maximum atomic E-state index is 11.7. The first-order valence-corrected chi connectivity index (χ1v) is 7.31. The summed E-state index contributed by atoms with van der Waals surface area (Å²) >= 11 is 6.32. The summed E-state index contributed by atoms with van der Waals surface area (Å²) in [6.07, 6.45) is 2.25. The maximum absolute atomic E-state index is 11.7. The van der Waals surface area contributed by atoms with Crippen molar-refractivity contribution in [3.05, 3.63) is 22.7 Å². The lowest BCUT2D eigenvalue weighted by molar-refractivity contribution is -0.112. The first-order valence-electron chi connectivity index (χ1n) is 6.93. The number of carbonyl (C=O) groups is 2. The van der Waals surface area contributed by atoms with Crippen LogP contribution in [0.5, 0.6) is 0 Å². The smallest absolute Gasteiger partial charge is 0.296 e. The molecule has 2 aliphatic heterocycles. The lowest BCUT2D eigenvalue weighted by Gasteiger charge is -2.38. The van der Waals surface area contributed by atoms with Crippen LogP contribution < -0.4 is 10.2 Å². The van der Waals surface area contributed by atoms with Gasteiger partial charge in [0.15, 0.2) is 0 Å². The van der Waals surface area contributed by atoms with Gasteiger partial charge in [-0.25, -0.2) is 0 Å². The molecular weight excluding hydrogens is 276 g/mol. The third-order valence-corrected chi connectivity index (χ3v) is 4.54. The number of ketones is 1. The third-order valence-electron chi connectivity index (χ3n) is 4.23. The molecule has 2 aliphatic rings. The molecule has 106 valence electrons. The van der Waals surface area contributed by atoms with Crippen LogP contribution in [0.1, 0.15) is 37.0 Å². The highest BCUT2D eigenvalue weighted by atomic mass is 35.5. The summed E-state index contributed by atoms with van der Waals surface area (Å²) in [6.45, 7) is 5.39. The number of rotatable bonds is 1. The molecule has 1 aromatic rings. The molecule has 0 saturated carbocycles. The molecular formula is C15H17ClN2O2. The summed E-state index contributed by atoms with van der Waals surface area (Å²) < 4.78 is 0. The number of hydrogen-bond donors (Lipinski definition) is 1. The fourth-order valence-electron chi connectivity index (χ4n) is 3.14. The molecule has 0 radical (unpaired) electrons. The standard InChI is InChI=1S/C15H17ClN2O2/c1-8-3-4-18(9(2)5-8)13-7-12-10(6-11(13)16)14(19)15(20)17-12/h6-9H,3-5H2,1-2H3,(H,17,19,20). The van der Waals surface area contributed by atoms with Crippen LogP contribution in [0.4, 0.5) is 11.4 Å². The van der Waals surface area contributed by atoms with Crippen molar-refractivity contribution in [2.75, 3.05) is 16.8 Å². The largest absolute Gasteiger partial charge is 0.368 e. The molecule has 1 amide bonds. The molecule has 3 rings (SSSR count). The van der Waals surface area contributed by atoms with Crippen LogP contribution in [0, 0.1) is 5.92 Å². The number of piperidine rings is 1. The molecule has 0 bridgehead atoms. The molecule has 20 heavy (non-hydrogen) atoms. The van der Waals surface area contributed by atoms with Crippen LogP contribution in [0.25, 0.3) is 0 Å². The zero-order valence-corrected chi connectivity index (χ0v) is 12.3. The van der Waals surface area contributed by atoms with Crippen molar-refractivity contribution in [3.63, 3.8) is 0 Å². The van der Waals surface area contributed by atoms with Gasteiger partial charge in [0.25, 0.3) is 11.7 Å². The quantitative estimate of drug-likeness (QED) is 0.809. The Morgan fingerprint density at radius 2 is 2.05 bits per heavy atom. The second kappa shape index (κ2) is 4.77. The Bertz CT molecular complexity index is 600. The number of nitrogens with zero attached hydrogens (tertiary/aromatic N) is 1. The van der Waals surface area contributed by atoms with Crippen molar-refractivity contribution in [3.8, 4) is 0 Å². The summed E-state index contributed by atoms with van der Waals surface area (Å²) in [7, 11) is 0. The Balaban J connectivity index is 1.98. The van der Waals surface area contributed by atoms with Crippen molar-refractivity contribution in [1.29, 1.82) is 0 Å². The van der Waals surface area contributed by atoms with Crippen LogP contribution >= 0.6 is 11.6 Å². The molecule has 1 aromatic carbocycles. The third kappa shape index (κ3) is 2.08. The molecule has 2 unspecified atom stereocenters. The molecule has 2 heterocycles. The highest BCUT2D eigenvalue weighted by Crippen LogP contribution is 2.38. The number of amides is 1. The van der Waals surface area contributed by atoms with E-state index in [-0.39, 0.29) is 0 Å². The van der Waals surface area contributed by atoms with Crippen molar-refractivity contribution >= 4 is 34.7 Å². The van der Waals surface area contributed by atoms with E-state index in [2.05, 4.69) is 24.1 Å². The highest BCUT2D eigenvalue weighted by Gasteiger charge is 2.31. The highest BCUT2D eigenvalue weighted by molar-refractivity contribution is 6.52. The van der Waals surface area contributed by atoms with Crippen molar-refractivity contribution < 1.29 is 9.59 Å². The van der Waals surface area contributed by atoms with Crippen LogP contribution in [0.15, 0.2) is 12.1 Å². The molecule has 2 atom stereocenters. The van der Waals surface area contributed by atoms with Gasteiger partial charge in [0, 0.05) is 12.6 Å². The molecule has 0 aliphatic carbocycles. The first-order chi connectivity index (χ1) is 9.47. The van der Waals surface area contributed by atoms with E-state index >= 15 is 0 Å². The lowest BCUT2D eigenvalue weighted by atomic mass is 9.93. The van der Waals surface area contributed by atoms with E-state index in [1.165, 1.54) is 0 Å². The minimum atomic E-state index is -0.575. The van der Waals surface area contributed by atoms with E-state index in [0.29, 0.717) is 22.3 Å². The summed E-state index contributed by atoms with van der Waals surface area (Å²) in [4.78, 5) is 25.3. The van der Waals surface area contributed by atoms with Crippen LogP contribution in [0.2, 0.25) is 5.02 Å². The van der Waals surface area contributed by atoms with Gasteiger partial charge in [-0.2, -0.15) is 0 Å². The number of hydrogen-bond acceptors (Lipinski definition) is 3. The maximum Gasteiger partial charge on any atom is 0.296 e. The van der Waals surface area contributed by atoms with E-state index in [9.17, 15) is 9.59 Å². The van der Waals surface area contributed by atoms with Crippen LogP contribution in [-0.4, -0.2) is 24.3 Å². The van der Waals surface area contributed by atoms with Gasteiger partial charge in [-0.05, 0) is 37.8 Å². The average molecular weight is 293 g/mol. The second-order valence-corrected chi connectivity index (χ2v) is 6.21. The van der Waals surface area contributed by atoms with Gasteiger partial charge in [-0.3, -0.25) is 9.59 Å². The number of carbonyl (C=O) groups excluding carboxylic acids is 2. The van der Waals surface area contributed by atoms with Gasteiger partial charge in [-0.15, -0.1) is 0 Å². The summed E-state index contributed by atoms with van der Waals surface area (Å²) in [6, 6.07) is 3.84. The second-order valence-electron chi connectivity index (χ2n) is 5.80. The lowest BCUT2D eigenvalue weighted by Crippen LogP contribution is -2.40. The van der Waals surface area contributed by atoms with Gasteiger partial charge in [0.1, 0.15) is 0 Å². The normalized spacial score (nSPS) is 25.6. The number of nitrogens with one attached hydrogen (secondary N) is 1. The first kappa shape index (κ1) is 13.4. The molecule has 0 spiro atoms. The predicted octanol–water partition coefficient (Wildman–Crippen LogP) is 3.10. The molecule has 1 N–H and O–H groups in total. The number of benzene rings is 1. The van der Waals surface area contributed by atoms with Gasteiger partial charge >= 0.3 is 0 Å².